The number of carbonyl (C=O) groups excluding carboxylic acids is 1. The minimum absolute atomic E-state index is 0. The Morgan fingerprint density at radius 3 is 1.75 bits per heavy atom. The van der Waals surface area contributed by atoms with Gasteiger partial charge in [0.05, 0.1) is 0 Å². The molecule has 0 unspecified atom stereocenters. The average Bonchev–Trinajstić information content (AvgIpc) is 2.13. The first-order valence-electron chi connectivity index (χ1n) is 3.62. The zero-order chi connectivity index (χ0) is 15.6. The summed E-state index contributed by atoms with van der Waals surface area (Å²) in [5.74, 6) is -5.31. The summed E-state index contributed by atoms with van der Waals surface area (Å²) in [5.41, 5.74) is 0. The van der Waals surface area contributed by atoms with Gasteiger partial charge in [0.2, 0.25) is 0 Å². The van der Waals surface area contributed by atoms with E-state index in [0.717, 1.165) is 0 Å². The number of carbonyl (C=O) groups is 2. The summed E-state index contributed by atoms with van der Waals surface area (Å²) in [5, 5.41) is 23.9. The van der Waals surface area contributed by atoms with Crippen LogP contribution in [0.25, 0.3) is 0 Å². The van der Waals surface area contributed by atoms with Crippen molar-refractivity contribution in [3.63, 3.8) is 0 Å². The van der Waals surface area contributed by atoms with E-state index in [-0.39, 0.29) is 18.9 Å². The maximum atomic E-state index is 13.0. The first-order valence-corrected chi connectivity index (χ1v) is 6.44. The topological polar surface area (TPSA) is 182 Å². The van der Waals surface area contributed by atoms with Crippen molar-refractivity contribution in [2.24, 2.45) is 0 Å². The van der Waals surface area contributed by atoms with Gasteiger partial charge in [-0.05, 0) is 0 Å². The summed E-state index contributed by atoms with van der Waals surface area (Å²) < 4.78 is 68.4. The first kappa shape index (κ1) is 21.5. The van der Waals surface area contributed by atoms with Gasteiger partial charge in [0.15, 0.2) is 0 Å². The summed E-state index contributed by atoms with van der Waals surface area (Å²) in [6.07, 6.45) is 0. The quantitative estimate of drug-likeness (QED) is 0.254. The molecule has 3 N–H and O–H groups in total. The molecule has 0 rings (SSSR count). The molecule has 0 spiro atoms. The van der Waals surface area contributed by atoms with Gasteiger partial charge in [0, 0.05) is 0 Å². The summed E-state index contributed by atoms with van der Waals surface area (Å²) in [6.45, 7) is 0. The average molecular weight is 336 g/mol. The predicted molar refractivity (Wildman–Crippen MR) is 54.9 cm³/mol. The molecule has 20 heavy (non-hydrogen) atoms. The molecule has 0 aromatic carbocycles. The number of carboxylic acid groups (broad SMARTS) is 1. The molecule has 0 radical (unpaired) electrons. The van der Waals surface area contributed by atoms with Crippen molar-refractivity contribution >= 4 is 58.4 Å². The van der Waals surface area contributed by atoms with Crippen LogP contribution in [0, 0.1) is 0 Å². The van der Waals surface area contributed by atoms with Crippen molar-refractivity contribution in [1.82, 2.24) is 0 Å². The molecule has 0 aromatic heterocycles. The summed E-state index contributed by atoms with van der Waals surface area (Å²) in [7, 11) is -16.4. The van der Waals surface area contributed by atoms with Gasteiger partial charge in [0.1, 0.15) is 0 Å². The van der Waals surface area contributed by atoms with Gasteiger partial charge in [-0.3, -0.25) is 4.10 Å². The van der Waals surface area contributed by atoms with Crippen LogP contribution in [0.4, 0.5) is 8.78 Å². The zero-order valence-corrected chi connectivity index (χ0v) is 9.89. The van der Waals surface area contributed by atoms with Crippen LogP contribution in [0.3, 0.4) is 0 Å². The van der Waals surface area contributed by atoms with Crippen LogP contribution >= 0.6 is 0 Å². The Balaban J connectivity index is 0. The Bertz CT molecular complexity index is 581. The van der Waals surface area contributed by atoms with Gasteiger partial charge < -0.3 is 19.3 Å². The van der Waals surface area contributed by atoms with E-state index in [0.29, 0.717) is 0 Å². The van der Waals surface area contributed by atoms with Crippen molar-refractivity contribution in [3.05, 3.63) is 0 Å². The van der Waals surface area contributed by atoms with E-state index in [1.54, 1.807) is 0 Å². The summed E-state index contributed by atoms with van der Waals surface area (Å²) in [4.78, 5) is 20.2. The third kappa shape index (κ3) is 4.66. The van der Waals surface area contributed by atoms with Gasteiger partial charge >= 0.3 is 62.9 Å². The van der Waals surface area contributed by atoms with Crippen LogP contribution in [0.5, 0.6) is 0 Å². The molecule has 11 nitrogen and oxygen atoms in total. The molecule has 0 atom stereocenters. The van der Waals surface area contributed by atoms with Crippen molar-refractivity contribution in [2.75, 3.05) is 0 Å². The fraction of sp³-hybridized carbons (Fsp3) is 0.333. The molecular formula is C3H4BF2LiO11S2. The van der Waals surface area contributed by atoms with E-state index in [9.17, 15) is 35.2 Å². The van der Waals surface area contributed by atoms with Gasteiger partial charge in [-0.2, -0.15) is 25.6 Å². The fourth-order valence-corrected chi connectivity index (χ4v) is 2.40. The number of hydrogen-bond acceptors (Lipinski definition) is 10. The molecule has 0 aliphatic heterocycles. The molecule has 17 heteroatoms. The molecule has 0 aliphatic rings. The number of rotatable bonds is 5. The molecule has 112 valence electrons. The van der Waals surface area contributed by atoms with E-state index in [4.69, 9.17) is 15.2 Å². The molecular weight excluding hydrogens is 332 g/mol. The molecule has 0 bridgehead atoms. The number of alkyl halides is 2. The third-order valence-corrected chi connectivity index (χ3v) is 4.34. The SMILES string of the molecule is O=C(O)C(=O)OS(=O)(=O)C(F)(F)S(=O)(=O)OB(O)O.[LiH]. The van der Waals surface area contributed by atoms with Gasteiger partial charge in [0.25, 0.3) is 0 Å². The van der Waals surface area contributed by atoms with Crippen LogP contribution < -0.4 is 0 Å². The van der Waals surface area contributed by atoms with Crippen molar-refractivity contribution in [3.8, 4) is 0 Å². The Labute approximate surface area is 122 Å². The molecule has 0 saturated carbocycles. The van der Waals surface area contributed by atoms with E-state index < -0.39 is 44.1 Å². The van der Waals surface area contributed by atoms with Crippen molar-refractivity contribution in [1.29, 1.82) is 0 Å². The first-order chi connectivity index (χ1) is 8.24. The van der Waals surface area contributed by atoms with Gasteiger partial charge in [-0.15, -0.1) is 0 Å². The predicted octanol–water partition coefficient (Wildman–Crippen LogP) is -3.84. The van der Waals surface area contributed by atoms with Crippen LogP contribution in [0.2, 0.25) is 0 Å². The van der Waals surface area contributed by atoms with E-state index in [2.05, 4.69) is 8.28 Å². The second-order valence-corrected chi connectivity index (χ2v) is 5.93. The van der Waals surface area contributed by atoms with Crippen LogP contribution in [-0.2, 0) is 38.1 Å². The molecule has 0 amide bonds. The zero-order valence-electron chi connectivity index (χ0n) is 8.26. The molecule has 0 aromatic rings. The van der Waals surface area contributed by atoms with Crippen molar-refractivity contribution < 1.29 is 58.6 Å². The maximum absolute atomic E-state index is 13.0. The standard InChI is InChI=1S/C3H3BF2O11S2.Li.H/c5-3(6,19(14,15)17-4(10)11)18(12,13)16-2(9)1(7)8;;/h10-11H,(H,7,8);;. The number of hydrogen-bond donors (Lipinski definition) is 3. The van der Waals surface area contributed by atoms with Crippen LogP contribution in [-0.4, -0.2) is 74.7 Å². The second-order valence-electron chi connectivity index (χ2n) is 2.47. The molecule has 0 fully saturated rings. The fourth-order valence-electron chi connectivity index (χ4n) is 0.478. The van der Waals surface area contributed by atoms with E-state index in [1.165, 1.54) is 0 Å². The summed E-state index contributed by atoms with van der Waals surface area (Å²) in [6, 6.07) is 0. The Morgan fingerprint density at radius 1 is 1.05 bits per heavy atom. The monoisotopic (exact) mass is 336 g/mol. The number of carboxylic acids is 1. The van der Waals surface area contributed by atoms with Crippen LogP contribution in [0.15, 0.2) is 0 Å². The molecule has 0 saturated heterocycles. The van der Waals surface area contributed by atoms with Crippen LogP contribution in [0.1, 0.15) is 0 Å². The Kier molecular flexibility index (Phi) is 7.32. The summed E-state index contributed by atoms with van der Waals surface area (Å²) >= 11 is 0. The second kappa shape index (κ2) is 6.80. The third-order valence-electron chi connectivity index (χ3n) is 1.15. The van der Waals surface area contributed by atoms with Gasteiger partial charge in [-0.1, -0.05) is 0 Å². The van der Waals surface area contributed by atoms with E-state index in [1.807, 2.05) is 0 Å². The minimum atomic E-state index is -6.61. The molecule has 0 heterocycles. The Morgan fingerprint density at radius 2 is 1.45 bits per heavy atom. The normalized spacial score (nSPS) is 12.2. The number of halogens is 2. The van der Waals surface area contributed by atoms with Gasteiger partial charge in [-0.25, -0.2) is 9.59 Å². The van der Waals surface area contributed by atoms with E-state index >= 15 is 0 Å². The van der Waals surface area contributed by atoms with Crippen molar-refractivity contribution in [2.45, 2.75) is 4.59 Å². The molecule has 0 aliphatic carbocycles. The Hall–Kier alpha value is -0.758. The number of aliphatic carboxylic acids is 1.